The largest absolute Gasteiger partial charge is 0.496 e. The quantitative estimate of drug-likeness (QED) is 0.918. The molecule has 1 aliphatic heterocycles. The molecule has 1 aromatic carbocycles. The zero-order chi connectivity index (χ0) is 15.2. The summed E-state index contributed by atoms with van der Waals surface area (Å²) in [6.07, 6.45) is 1.43. The van der Waals surface area contributed by atoms with Gasteiger partial charge in [-0.15, -0.1) is 0 Å². The van der Waals surface area contributed by atoms with Gasteiger partial charge in [0.1, 0.15) is 5.75 Å². The fraction of sp³-hybridized carbons (Fsp3) is 0.500. The van der Waals surface area contributed by atoms with E-state index >= 15 is 0 Å². The third-order valence-electron chi connectivity index (χ3n) is 3.84. The molecular weight excluding hydrogens is 268 g/mol. The summed E-state index contributed by atoms with van der Waals surface area (Å²) in [6.45, 7) is 3.79. The number of benzene rings is 1. The van der Waals surface area contributed by atoms with Crippen molar-refractivity contribution in [2.75, 3.05) is 26.7 Å². The van der Waals surface area contributed by atoms with Gasteiger partial charge in [0.05, 0.1) is 12.7 Å². The number of carbonyl (C=O) groups is 2. The number of ether oxygens (including phenoxy) is 1. The summed E-state index contributed by atoms with van der Waals surface area (Å²) in [4.78, 5) is 26.1. The zero-order valence-electron chi connectivity index (χ0n) is 12.6. The molecule has 5 nitrogen and oxygen atoms in total. The number of para-hydroxylation sites is 1. The highest BCUT2D eigenvalue weighted by atomic mass is 16.5. The van der Waals surface area contributed by atoms with Crippen molar-refractivity contribution in [3.8, 4) is 5.75 Å². The van der Waals surface area contributed by atoms with Gasteiger partial charge in [0.2, 0.25) is 5.91 Å². The average Bonchev–Trinajstić information content (AvgIpc) is 2.54. The van der Waals surface area contributed by atoms with Crippen molar-refractivity contribution >= 4 is 11.8 Å². The van der Waals surface area contributed by atoms with Crippen LogP contribution in [0.2, 0.25) is 0 Å². The van der Waals surface area contributed by atoms with E-state index in [9.17, 15) is 9.59 Å². The molecule has 0 bridgehead atoms. The smallest absolute Gasteiger partial charge is 0.257 e. The molecule has 1 heterocycles. The van der Waals surface area contributed by atoms with Crippen molar-refractivity contribution in [3.63, 3.8) is 0 Å². The van der Waals surface area contributed by atoms with E-state index in [2.05, 4.69) is 5.32 Å². The summed E-state index contributed by atoms with van der Waals surface area (Å²) in [5.41, 5.74) is 0.580. The Kier molecular flexibility index (Phi) is 5.20. The summed E-state index contributed by atoms with van der Waals surface area (Å²) in [5.74, 6) is 0.684. The van der Waals surface area contributed by atoms with Crippen molar-refractivity contribution < 1.29 is 14.3 Å². The minimum atomic E-state index is -0.0261. The first-order valence-electron chi connectivity index (χ1n) is 7.37. The van der Waals surface area contributed by atoms with E-state index in [0.29, 0.717) is 43.8 Å². The van der Waals surface area contributed by atoms with Crippen LogP contribution in [-0.2, 0) is 4.79 Å². The third kappa shape index (κ3) is 3.54. The molecule has 1 aromatic rings. The molecule has 21 heavy (non-hydrogen) atoms. The maximum absolute atomic E-state index is 12.5. The maximum atomic E-state index is 12.5. The number of methoxy groups -OCH3 is 1. The normalized spacial score (nSPS) is 15.6. The van der Waals surface area contributed by atoms with Crippen LogP contribution in [0.3, 0.4) is 0 Å². The number of hydrogen-bond acceptors (Lipinski definition) is 3. The fourth-order valence-electron chi connectivity index (χ4n) is 2.66. The molecule has 0 unspecified atom stereocenters. The van der Waals surface area contributed by atoms with E-state index < -0.39 is 0 Å². The fourth-order valence-corrected chi connectivity index (χ4v) is 2.66. The van der Waals surface area contributed by atoms with Gasteiger partial charge < -0.3 is 15.0 Å². The first-order valence-corrected chi connectivity index (χ1v) is 7.37. The van der Waals surface area contributed by atoms with E-state index in [1.165, 1.54) is 0 Å². The molecule has 0 radical (unpaired) electrons. The predicted octanol–water partition coefficient (Wildman–Crippen LogP) is 1.68. The van der Waals surface area contributed by atoms with Crippen LogP contribution >= 0.6 is 0 Å². The molecule has 2 amide bonds. The number of amides is 2. The average molecular weight is 290 g/mol. The van der Waals surface area contributed by atoms with Crippen LogP contribution in [0.5, 0.6) is 5.75 Å². The van der Waals surface area contributed by atoms with Crippen LogP contribution in [0.1, 0.15) is 30.1 Å². The van der Waals surface area contributed by atoms with Crippen LogP contribution < -0.4 is 10.1 Å². The second kappa shape index (κ2) is 7.11. The topological polar surface area (TPSA) is 58.6 Å². The standard InChI is InChI=1S/C16H22N2O3/c1-3-17-15(19)12-8-10-18(11-9-12)16(20)13-6-4-5-7-14(13)21-2/h4-7,12H,3,8-11H2,1-2H3,(H,17,19). The highest BCUT2D eigenvalue weighted by Gasteiger charge is 2.28. The van der Waals surface area contributed by atoms with E-state index in [0.717, 1.165) is 0 Å². The Labute approximate surface area is 125 Å². The molecule has 0 aliphatic carbocycles. The first-order chi connectivity index (χ1) is 10.2. The van der Waals surface area contributed by atoms with Crippen LogP contribution in [0.25, 0.3) is 0 Å². The van der Waals surface area contributed by atoms with Gasteiger partial charge in [-0.1, -0.05) is 12.1 Å². The summed E-state index contributed by atoms with van der Waals surface area (Å²) in [7, 11) is 1.56. The van der Waals surface area contributed by atoms with Gasteiger partial charge in [0, 0.05) is 25.6 Å². The van der Waals surface area contributed by atoms with E-state index in [4.69, 9.17) is 4.74 Å². The molecule has 0 spiro atoms. The number of nitrogens with zero attached hydrogens (tertiary/aromatic N) is 1. The number of carbonyl (C=O) groups excluding carboxylic acids is 2. The summed E-state index contributed by atoms with van der Waals surface area (Å²) < 4.78 is 5.24. The van der Waals surface area contributed by atoms with Gasteiger partial charge in [0.25, 0.3) is 5.91 Å². The Bertz CT molecular complexity index is 508. The lowest BCUT2D eigenvalue weighted by Crippen LogP contribution is -2.43. The SMILES string of the molecule is CCNC(=O)C1CCN(C(=O)c2ccccc2OC)CC1. The van der Waals surface area contributed by atoms with E-state index in [-0.39, 0.29) is 17.7 Å². The Morgan fingerprint density at radius 2 is 1.95 bits per heavy atom. The summed E-state index contributed by atoms with van der Waals surface area (Å²) in [6, 6.07) is 7.24. The van der Waals surface area contributed by atoms with Crippen molar-refractivity contribution in [1.82, 2.24) is 10.2 Å². The van der Waals surface area contributed by atoms with Gasteiger partial charge >= 0.3 is 0 Å². The molecule has 5 heteroatoms. The highest BCUT2D eigenvalue weighted by Crippen LogP contribution is 2.23. The zero-order valence-corrected chi connectivity index (χ0v) is 12.6. The van der Waals surface area contributed by atoms with Crippen LogP contribution in [0.4, 0.5) is 0 Å². The molecule has 114 valence electrons. The first kappa shape index (κ1) is 15.4. The lowest BCUT2D eigenvalue weighted by atomic mass is 9.95. The molecule has 1 fully saturated rings. The molecule has 0 aromatic heterocycles. The minimum Gasteiger partial charge on any atom is -0.496 e. The number of hydrogen-bond donors (Lipinski definition) is 1. The van der Waals surface area contributed by atoms with Gasteiger partial charge in [0.15, 0.2) is 0 Å². The second-order valence-electron chi connectivity index (χ2n) is 5.16. The molecule has 1 saturated heterocycles. The Hall–Kier alpha value is -2.04. The third-order valence-corrected chi connectivity index (χ3v) is 3.84. The lowest BCUT2D eigenvalue weighted by molar-refractivity contribution is -0.126. The minimum absolute atomic E-state index is 0.0201. The summed E-state index contributed by atoms with van der Waals surface area (Å²) in [5, 5.41) is 2.85. The molecule has 0 atom stereocenters. The monoisotopic (exact) mass is 290 g/mol. The van der Waals surface area contributed by atoms with Crippen molar-refractivity contribution in [2.24, 2.45) is 5.92 Å². The molecule has 1 aliphatic rings. The second-order valence-corrected chi connectivity index (χ2v) is 5.16. The van der Waals surface area contributed by atoms with Crippen molar-refractivity contribution in [3.05, 3.63) is 29.8 Å². The molecule has 2 rings (SSSR count). The Morgan fingerprint density at radius 1 is 1.29 bits per heavy atom. The predicted molar refractivity (Wildman–Crippen MR) is 80.3 cm³/mol. The van der Waals surface area contributed by atoms with Gasteiger partial charge in [-0.25, -0.2) is 0 Å². The maximum Gasteiger partial charge on any atom is 0.257 e. The van der Waals surface area contributed by atoms with Crippen LogP contribution in [0, 0.1) is 5.92 Å². The van der Waals surface area contributed by atoms with Crippen molar-refractivity contribution in [1.29, 1.82) is 0 Å². The number of likely N-dealkylation sites (tertiary alicyclic amines) is 1. The van der Waals surface area contributed by atoms with Crippen LogP contribution in [0.15, 0.2) is 24.3 Å². The van der Waals surface area contributed by atoms with E-state index in [1.807, 2.05) is 19.1 Å². The van der Waals surface area contributed by atoms with E-state index in [1.54, 1.807) is 24.1 Å². The molecular formula is C16H22N2O3. The highest BCUT2D eigenvalue weighted by molar-refractivity contribution is 5.97. The van der Waals surface area contributed by atoms with Gasteiger partial charge in [-0.05, 0) is 31.9 Å². The van der Waals surface area contributed by atoms with Crippen molar-refractivity contribution in [2.45, 2.75) is 19.8 Å². The van der Waals surface area contributed by atoms with Crippen LogP contribution in [-0.4, -0.2) is 43.5 Å². The Morgan fingerprint density at radius 3 is 2.57 bits per heavy atom. The summed E-state index contributed by atoms with van der Waals surface area (Å²) >= 11 is 0. The molecule has 1 N–H and O–H groups in total. The lowest BCUT2D eigenvalue weighted by Gasteiger charge is -2.31. The number of nitrogens with one attached hydrogen (secondary N) is 1. The Balaban J connectivity index is 1.99. The molecule has 0 saturated carbocycles. The number of piperidine rings is 1. The number of rotatable bonds is 4. The van der Waals surface area contributed by atoms with Gasteiger partial charge in [-0.3, -0.25) is 9.59 Å². The van der Waals surface area contributed by atoms with Gasteiger partial charge in [-0.2, -0.15) is 0 Å².